The molecule has 2 rings (SSSR count). The van der Waals surface area contributed by atoms with E-state index in [1.807, 2.05) is 0 Å². The molecular formula is C11H19N5O2. The zero-order valence-electron chi connectivity index (χ0n) is 10.5. The number of nitrogens with two attached hydrogens (primary N) is 1. The Balaban J connectivity index is 1.74. The van der Waals surface area contributed by atoms with Crippen LogP contribution in [0.25, 0.3) is 0 Å². The van der Waals surface area contributed by atoms with Crippen LogP contribution in [-0.4, -0.2) is 39.9 Å². The second-order valence-electron chi connectivity index (χ2n) is 4.47. The van der Waals surface area contributed by atoms with E-state index in [4.69, 9.17) is 10.5 Å². The number of ether oxygens (including phenoxy) is 1. The van der Waals surface area contributed by atoms with Crippen LogP contribution in [0.3, 0.4) is 0 Å². The first-order chi connectivity index (χ1) is 8.69. The van der Waals surface area contributed by atoms with Crippen LogP contribution < -0.4 is 11.1 Å². The van der Waals surface area contributed by atoms with Gasteiger partial charge >= 0.3 is 0 Å². The largest absolute Gasteiger partial charge is 0.378 e. The van der Waals surface area contributed by atoms with E-state index < -0.39 is 0 Å². The molecule has 1 fully saturated rings. The molecular weight excluding hydrogens is 234 g/mol. The summed E-state index contributed by atoms with van der Waals surface area (Å²) in [5.74, 6) is 0.513. The van der Waals surface area contributed by atoms with Gasteiger partial charge in [0.1, 0.15) is 12.9 Å². The third kappa shape index (κ3) is 3.19. The summed E-state index contributed by atoms with van der Waals surface area (Å²) in [4.78, 5) is 15.5. The van der Waals surface area contributed by atoms with Crippen LogP contribution in [0.2, 0.25) is 0 Å². The zero-order chi connectivity index (χ0) is 13.0. The van der Waals surface area contributed by atoms with Gasteiger partial charge in [0.15, 0.2) is 0 Å². The maximum atomic E-state index is 11.7. The van der Waals surface area contributed by atoms with Crippen LogP contribution in [0, 0.1) is 5.92 Å². The Hall–Kier alpha value is -1.63. The number of nitrogen functional groups attached to an aromatic ring is 1. The molecule has 2 atom stereocenters. The van der Waals surface area contributed by atoms with Gasteiger partial charge in [-0.2, -0.15) is 0 Å². The summed E-state index contributed by atoms with van der Waals surface area (Å²) in [7, 11) is 0. The molecule has 2 heterocycles. The van der Waals surface area contributed by atoms with Crippen molar-refractivity contribution >= 4 is 11.9 Å². The van der Waals surface area contributed by atoms with Gasteiger partial charge < -0.3 is 15.8 Å². The first-order valence-corrected chi connectivity index (χ1v) is 6.22. The maximum Gasteiger partial charge on any atom is 0.241 e. The fraction of sp³-hybridized carbons (Fsp3) is 0.727. The first-order valence-electron chi connectivity index (χ1n) is 6.22. The maximum absolute atomic E-state index is 11.7. The minimum Gasteiger partial charge on any atom is -0.378 e. The molecule has 7 nitrogen and oxygen atoms in total. The number of anilines is 1. The minimum atomic E-state index is -0.0818. The topological polar surface area (TPSA) is 95.1 Å². The number of amides is 1. The molecule has 18 heavy (non-hydrogen) atoms. The normalized spacial score (nSPS) is 23.2. The van der Waals surface area contributed by atoms with E-state index >= 15 is 0 Å². The van der Waals surface area contributed by atoms with Gasteiger partial charge in [0.25, 0.3) is 0 Å². The fourth-order valence-corrected chi connectivity index (χ4v) is 2.21. The van der Waals surface area contributed by atoms with Gasteiger partial charge in [-0.25, -0.2) is 9.67 Å². The monoisotopic (exact) mass is 253 g/mol. The summed E-state index contributed by atoms with van der Waals surface area (Å²) in [6.07, 6.45) is 3.71. The molecule has 3 N–H and O–H groups in total. The fourth-order valence-electron chi connectivity index (χ4n) is 2.21. The summed E-state index contributed by atoms with van der Waals surface area (Å²) < 4.78 is 7.00. The molecule has 0 spiro atoms. The van der Waals surface area contributed by atoms with Crippen molar-refractivity contribution in [3.8, 4) is 0 Å². The molecule has 1 aromatic rings. The van der Waals surface area contributed by atoms with Gasteiger partial charge in [-0.05, 0) is 12.8 Å². The highest BCUT2D eigenvalue weighted by Gasteiger charge is 2.26. The van der Waals surface area contributed by atoms with Crippen LogP contribution in [0.4, 0.5) is 5.95 Å². The zero-order valence-corrected chi connectivity index (χ0v) is 10.5. The molecule has 0 aliphatic carbocycles. The van der Waals surface area contributed by atoms with Gasteiger partial charge in [0.2, 0.25) is 11.9 Å². The van der Waals surface area contributed by atoms with E-state index in [9.17, 15) is 4.79 Å². The van der Waals surface area contributed by atoms with E-state index in [1.54, 1.807) is 0 Å². The molecule has 0 radical (unpaired) electrons. The number of hydrogen-bond donors (Lipinski definition) is 2. The average molecular weight is 253 g/mol. The van der Waals surface area contributed by atoms with Crippen molar-refractivity contribution in [3.05, 3.63) is 6.33 Å². The highest BCUT2D eigenvalue weighted by Crippen LogP contribution is 2.22. The highest BCUT2D eigenvalue weighted by molar-refractivity contribution is 5.75. The van der Waals surface area contributed by atoms with Crippen LogP contribution >= 0.6 is 0 Å². The first kappa shape index (κ1) is 12.8. The Morgan fingerprint density at radius 3 is 3.22 bits per heavy atom. The second-order valence-corrected chi connectivity index (χ2v) is 4.47. The SMILES string of the molecule is CCC1OCCC1CNC(=O)Cn1cnc(N)n1. The molecule has 0 aromatic carbocycles. The summed E-state index contributed by atoms with van der Waals surface area (Å²) in [5.41, 5.74) is 5.37. The standard InChI is InChI=1S/C11H19N5O2/c1-2-9-8(3-4-18-9)5-13-10(17)6-16-7-14-11(12)15-16/h7-9H,2-6H2,1H3,(H2,12,15)(H,13,17). The summed E-state index contributed by atoms with van der Waals surface area (Å²) >= 11 is 0. The Labute approximate surface area is 106 Å². The van der Waals surface area contributed by atoms with Crippen molar-refractivity contribution in [2.24, 2.45) is 5.92 Å². The van der Waals surface area contributed by atoms with Crippen LogP contribution in [-0.2, 0) is 16.1 Å². The van der Waals surface area contributed by atoms with E-state index in [0.29, 0.717) is 12.5 Å². The molecule has 0 bridgehead atoms. The van der Waals surface area contributed by atoms with Crippen molar-refractivity contribution in [2.45, 2.75) is 32.4 Å². The number of rotatable bonds is 5. The summed E-state index contributed by atoms with van der Waals surface area (Å²) in [6, 6.07) is 0. The molecule has 1 aliphatic heterocycles. The Morgan fingerprint density at radius 1 is 1.72 bits per heavy atom. The summed E-state index contributed by atoms with van der Waals surface area (Å²) in [6.45, 7) is 3.69. The molecule has 100 valence electrons. The second kappa shape index (κ2) is 5.81. The molecule has 1 aromatic heterocycles. The molecule has 2 unspecified atom stereocenters. The average Bonchev–Trinajstić information content (AvgIpc) is 2.95. The molecule has 1 aliphatic rings. The van der Waals surface area contributed by atoms with Crippen molar-refractivity contribution in [1.82, 2.24) is 20.1 Å². The van der Waals surface area contributed by atoms with Crippen molar-refractivity contribution in [1.29, 1.82) is 0 Å². The Bertz CT molecular complexity index is 406. The lowest BCUT2D eigenvalue weighted by atomic mass is 10.00. The Kier molecular flexibility index (Phi) is 4.14. The number of carbonyl (C=O) groups is 1. The number of nitrogens with one attached hydrogen (secondary N) is 1. The molecule has 1 saturated heterocycles. The van der Waals surface area contributed by atoms with E-state index in [2.05, 4.69) is 22.3 Å². The number of hydrogen-bond acceptors (Lipinski definition) is 5. The number of nitrogens with zero attached hydrogens (tertiary/aromatic N) is 3. The Morgan fingerprint density at radius 2 is 2.56 bits per heavy atom. The van der Waals surface area contributed by atoms with Crippen LogP contribution in [0.5, 0.6) is 0 Å². The van der Waals surface area contributed by atoms with E-state index in [0.717, 1.165) is 19.4 Å². The quantitative estimate of drug-likeness (QED) is 0.757. The predicted octanol–water partition coefficient (Wildman–Crippen LogP) is -0.208. The van der Waals surface area contributed by atoms with Gasteiger partial charge in [-0.1, -0.05) is 6.92 Å². The van der Waals surface area contributed by atoms with E-state index in [-0.39, 0.29) is 24.5 Å². The van der Waals surface area contributed by atoms with Gasteiger partial charge in [0, 0.05) is 19.1 Å². The van der Waals surface area contributed by atoms with Gasteiger partial charge in [-0.15, -0.1) is 5.10 Å². The smallest absolute Gasteiger partial charge is 0.241 e. The number of aromatic nitrogens is 3. The predicted molar refractivity (Wildman–Crippen MR) is 65.6 cm³/mol. The van der Waals surface area contributed by atoms with Crippen molar-refractivity contribution < 1.29 is 9.53 Å². The lowest BCUT2D eigenvalue weighted by molar-refractivity contribution is -0.122. The molecule has 1 amide bonds. The minimum absolute atomic E-state index is 0.0818. The molecule has 7 heteroatoms. The highest BCUT2D eigenvalue weighted by atomic mass is 16.5. The summed E-state index contributed by atoms with van der Waals surface area (Å²) in [5, 5.41) is 6.76. The lowest BCUT2D eigenvalue weighted by Gasteiger charge is -2.17. The molecule has 0 saturated carbocycles. The van der Waals surface area contributed by atoms with Crippen molar-refractivity contribution in [2.75, 3.05) is 18.9 Å². The van der Waals surface area contributed by atoms with E-state index in [1.165, 1.54) is 11.0 Å². The van der Waals surface area contributed by atoms with Crippen LogP contribution in [0.15, 0.2) is 6.33 Å². The lowest BCUT2D eigenvalue weighted by Crippen LogP contribution is -2.34. The third-order valence-corrected chi connectivity index (χ3v) is 3.17. The third-order valence-electron chi connectivity index (χ3n) is 3.17. The van der Waals surface area contributed by atoms with Crippen molar-refractivity contribution in [3.63, 3.8) is 0 Å². The van der Waals surface area contributed by atoms with Gasteiger partial charge in [-0.3, -0.25) is 4.79 Å². The number of carbonyl (C=O) groups excluding carboxylic acids is 1. The van der Waals surface area contributed by atoms with Gasteiger partial charge in [0.05, 0.1) is 6.10 Å². The van der Waals surface area contributed by atoms with Crippen LogP contribution in [0.1, 0.15) is 19.8 Å².